The van der Waals surface area contributed by atoms with Gasteiger partial charge in [-0.05, 0) is 32.4 Å². The van der Waals surface area contributed by atoms with Crippen molar-refractivity contribution < 1.29 is 14.3 Å². The summed E-state index contributed by atoms with van der Waals surface area (Å²) < 4.78 is 10.9. The quantitative estimate of drug-likeness (QED) is 0.347. The van der Waals surface area contributed by atoms with E-state index in [1.807, 2.05) is 51.1 Å². The maximum atomic E-state index is 12.7. The fourth-order valence-electron chi connectivity index (χ4n) is 2.08. The highest BCUT2D eigenvalue weighted by atomic mass is 16.6. The Morgan fingerprint density at radius 1 is 1.33 bits per heavy atom. The van der Waals surface area contributed by atoms with Gasteiger partial charge in [-0.25, -0.2) is 4.79 Å². The van der Waals surface area contributed by atoms with E-state index in [1.165, 1.54) is 18.1 Å². The van der Waals surface area contributed by atoms with E-state index in [9.17, 15) is 4.79 Å². The van der Waals surface area contributed by atoms with Crippen molar-refractivity contribution in [3.63, 3.8) is 0 Å². The highest BCUT2D eigenvalue weighted by Crippen LogP contribution is 2.20. The molecule has 0 atom stereocenters. The third kappa shape index (κ3) is 6.06. The second-order valence-electron chi connectivity index (χ2n) is 6.15. The first-order valence-corrected chi connectivity index (χ1v) is 7.70. The molecule has 1 rings (SSSR count). The Hall–Kier alpha value is -2.31. The van der Waals surface area contributed by atoms with Gasteiger partial charge in [0, 0.05) is 0 Å². The largest absolute Gasteiger partial charge is 0.495 e. The average Bonchev–Trinajstić information content (AvgIpc) is 2.52. The Bertz CT molecular complexity index is 577. The first-order chi connectivity index (χ1) is 11.3. The fourth-order valence-corrected chi connectivity index (χ4v) is 2.08. The van der Waals surface area contributed by atoms with Crippen LogP contribution in [0.15, 0.2) is 54.4 Å². The summed E-state index contributed by atoms with van der Waals surface area (Å²) >= 11 is 0. The molecule has 1 aromatic carbocycles. The number of ether oxygens (including phenoxy) is 2. The number of allylic oxidation sites excluding steroid dienone is 1. The molecule has 0 unspecified atom stereocenters. The van der Waals surface area contributed by atoms with Crippen LogP contribution in [0.25, 0.3) is 0 Å². The van der Waals surface area contributed by atoms with Gasteiger partial charge in [0.1, 0.15) is 11.4 Å². The maximum Gasteiger partial charge on any atom is 0.415 e. The van der Waals surface area contributed by atoms with Gasteiger partial charge in [0.25, 0.3) is 0 Å². The van der Waals surface area contributed by atoms with E-state index in [4.69, 9.17) is 15.3 Å². The normalized spacial score (nSPS) is 12.2. The van der Waals surface area contributed by atoms with Crippen LogP contribution in [0.3, 0.4) is 0 Å². The molecule has 0 fully saturated rings. The number of hydrazine groups is 1. The van der Waals surface area contributed by atoms with E-state index < -0.39 is 11.7 Å². The Morgan fingerprint density at radius 3 is 2.42 bits per heavy atom. The molecule has 0 heterocycles. The van der Waals surface area contributed by atoms with Gasteiger partial charge in [-0.2, -0.15) is 0 Å². The van der Waals surface area contributed by atoms with Crippen molar-refractivity contribution in [2.75, 3.05) is 13.7 Å². The molecular formula is C18H27N3O3. The van der Waals surface area contributed by atoms with Crippen LogP contribution in [0.2, 0.25) is 0 Å². The Kier molecular flexibility index (Phi) is 7.48. The molecule has 1 aromatic rings. The molecule has 1 amide bonds. The Labute approximate surface area is 143 Å². The molecule has 6 heteroatoms. The first kappa shape index (κ1) is 19.7. The first-order valence-electron chi connectivity index (χ1n) is 7.70. The van der Waals surface area contributed by atoms with Gasteiger partial charge >= 0.3 is 6.09 Å². The highest BCUT2D eigenvalue weighted by molar-refractivity contribution is 5.71. The zero-order valence-electron chi connectivity index (χ0n) is 14.8. The number of rotatable bonds is 7. The Balaban J connectivity index is 3.26. The van der Waals surface area contributed by atoms with Crippen molar-refractivity contribution >= 4 is 6.09 Å². The van der Waals surface area contributed by atoms with Gasteiger partial charge in [0.05, 0.1) is 25.9 Å². The summed E-state index contributed by atoms with van der Waals surface area (Å²) in [6.07, 6.45) is 1.06. The predicted molar refractivity (Wildman–Crippen MR) is 94.6 cm³/mol. The van der Waals surface area contributed by atoms with Gasteiger partial charge in [-0.1, -0.05) is 36.9 Å². The molecule has 0 aliphatic carbocycles. The van der Waals surface area contributed by atoms with E-state index in [2.05, 4.69) is 12.0 Å². The van der Waals surface area contributed by atoms with Crippen LogP contribution in [0, 0.1) is 0 Å². The number of nitrogens with two attached hydrogens (primary N) is 1. The zero-order valence-corrected chi connectivity index (χ0v) is 14.8. The van der Waals surface area contributed by atoms with Crippen LogP contribution in [0.1, 0.15) is 26.3 Å². The molecule has 0 aliphatic heterocycles. The highest BCUT2D eigenvalue weighted by Gasteiger charge is 2.26. The number of nitrogens with one attached hydrogen (secondary N) is 1. The van der Waals surface area contributed by atoms with Crippen molar-refractivity contribution in [3.05, 3.63) is 60.0 Å². The van der Waals surface area contributed by atoms with Crippen LogP contribution in [0.4, 0.5) is 4.79 Å². The summed E-state index contributed by atoms with van der Waals surface area (Å²) in [6.45, 7) is 9.74. The van der Waals surface area contributed by atoms with Crippen LogP contribution >= 0.6 is 0 Å². The Morgan fingerprint density at radius 2 is 1.96 bits per heavy atom. The molecule has 132 valence electrons. The van der Waals surface area contributed by atoms with Crippen molar-refractivity contribution in [3.8, 4) is 0 Å². The molecule has 0 aromatic heterocycles. The number of amides is 1. The fraction of sp³-hybridized carbons (Fsp3) is 0.389. The van der Waals surface area contributed by atoms with Gasteiger partial charge in [0.15, 0.2) is 0 Å². The number of carbonyl (C=O) groups is 1. The number of carbonyl (C=O) groups excluding carboxylic acids is 1. The number of benzene rings is 1. The molecule has 0 saturated carbocycles. The zero-order chi connectivity index (χ0) is 18.2. The van der Waals surface area contributed by atoms with Gasteiger partial charge in [-0.3, -0.25) is 16.2 Å². The maximum absolute atomic E-state index is 12.7. The molecule has 24 heavy (non-hydrogen) atoms. The van der Waals surface area contributed by atoms with E-state index in [-0.39, 0.29) is 6.54 Å². The van der Waals surface area contributed by atoms with Crippen LogP contribution in [0.5, 0.6) is 0 Å². The minimum atomic E-state index is -0.616. The summed E-state index contributed by atoms with van der Waals surface area (Å²) in [7, 11) is 1.52. The van der Waals surface area contributed by atoms with Gasteiger partial charge < -0.3 is 9.47 Å². The molecule has 0 spiro atoms. The van der Waals surface area contributed by atoms with Crippen LogP contribution in [-0.4, -0.2) is 30.2 Å². The number of nitrogens with zero attached hydrogens (tertiary/aromatic N) is 1. The van der Waals surface area contributed by atoms with E-state index in [0.717, 1.165) is 5.56 Å². The SMILES string of the molecule is C=C/C(OC)=C(/CNN)N(Cc1ccccc1)C(=O)OC(C)(C)C. The van der Waals surface area contributed by atoms with Crippen LogP contribution < -0.4 is 11.3 Å². The second-order valence-corrected chi connectivity index (χ2v) is 6.15. The summed E-state index contributed by atoms with van der Waals surface area (Å²) in [6, 6.07) is 9.62. The lowest BCUT2D eigenvalue weighted by Crippen LogP contribution is -2.40. The smallest absolute Gasteiger partial charge is 0.415 e. The van der Waals surface area contributed by atoms with Gasteiger partial charge in [0.2, 0.25) is 0 Å². The second kappa shape index (κ2) is 9.10. The minimum Gasteiger partial charge on any atom is -0.495 e. The molecule has 3 N–H and O–H groups in total. The van der Waals surface area contributed by atoms with Crippen molar-refractivity contribution in [1.82, 2.24) is 10.3 Å². The molecule has 0 bridgehead atoms. The molecular weight excluding hydrogens is 306 g/mol. The van der Waals surface area contributed by atoms with Crippen molar-refractivity contribution in [2.45, 2.75) is 32.9 Å². The summed E-state index contributed by atoms with van der Waals surface area (Å²) in [5.41, 5.74) is 3.45. The van der Waals surface area contributed by atoms with Gasteiger partial charge in [-0.15, -0.1) is 0 Å². The summed E-state index contributed by atoms with van der Waals surface area (Å²) in [5.74, 6) is 5.94. The van der Waals surface area contributed by atoms with Crippen molar-refractivity contribution in [2.24, 2.45) is 5.84 Å². The lowest BCUT2D eigenvalue weighted by molar-refractivity contribution is 0.0286. The lowest BCUT2D eigenvalue weighted by Gasteiger charge is -2.30. The third-order valence-electron chi connectivity index (χ3n) is 3.08. The molecule has 0 saturated heterocycles. The lowest BCUT2D eigenvalue weighted by atomic mass is 10.2. The molecule has 0 aliphatic rings. The minimum absolute atomic E-state index is 0.223. The third-order valence-corrected chi connectivity index (χ3v) is 3.08. The predicted octanol–water partition coefficient (Wildman–Crippen LogP) is 2.93. The van der Waals surface area contributed by atoms with Crippen molar-refractivity contribution in [1.29, 1.82) is 0 Å². The summed E-state index contributed by atoms with van der Waals surface area (Å²) in [5, 5.41) is 0. The average molecular weight is 333 g/mol. The van der Waals surface area contributed by atoms with E-state index >= 15 is 0 Å². The van der Waals surface area contributed by atoms with E-state index in [0.29, 0.717) is 18.0 Å². The number of hydrogen-bond donors (Lipinski definition) is 2. The van der Waals surface area contributed by atoms with E-state index in [1.54, 1.807) is 0 Å². The van der Waals surface area contributed by atoms with Crippen LogP contribution in [-0.2, 0) is 16.0 Å². The molecule has 6 nitrogen and oxygen atoms in total. The monoisotopic (exact) mass is 333 g/mol. The molecule has 0 radical (unpaired) electrons. The standard InChI is InChI=1S/C18H27N3O3/c1-6-16(23-5)15(12-20-19)21(17(22)24-18(2,3)4)13-14-10-8-7-9-11-14/h6-11,20H,1,12-13,19H2,2-5H3/b16-15+. The number of hydrogen-bond acceptors (Lipinski definition) is 5. The summed E-state index contributed by atoms with van der Waals surface area (Å²) in [4.78, 5) is 14.2. The number of methoxy groups -OCH3 is 1. The topological polar surface area (TPSA) is 76.8 Å².